The van der Waals surface area contributed by atoms with Gasteiger partial charge in [0.25, 0.3) is 0 Å². The molecule has 21 heavy (non-hydrogen) atoms. The first-order valence-corrected chi connectivity index (χ1v) is 8.13. The maximum absolute atomic E-state index is 12.3. The largest absolute Gasteiger partial charge is 0.481 e. The molecule has 1 aromatic rings. The number of piperidine rings is 1. The van der Waals surface area contributed by atoms with Crippen LogP contribution in [0.3, 0.4) is 0 Å². The lowest BCUT2D eigenvalue weighted by molar-refractivity contribution is -0.143. The molecule has 2 heterocycles. The Morgan fingerprint density at radius 2 is 1.95 bits per heavy atom. The van der Waals surface area contributed by atoms with E-state index in [4.69, 9.17) is 5.11 Å². The number of hydrogen-bond donors (Lipinski definition) is 2. The zero-order valence-electron chi connectivity index (χ0n) is 11.6. The molecule has 3 rings (SSSR count). The van der Waals surface area contributed by atoms with Crippen molar-refractivity contribution in [1.29, 1.82) is 0 Å². The van der Waals surface area contributed by atoms with Gasteiger partial charge in [-0.25, -0.2) is 4.79 Å². The summed E-state index contributed by atoms with van der Waals surface area (Å²) in [7, 11) is 0. The Kier molecular flexibility index (Phi) is 4.05. The molecular weight excluding hydrogens is 288 g/mol. The molecule has 2 amide bonds. The number of carbonyl (C=O) groups is 2. The molecule has 6 heteroatoms. The smallest absolute Gasteiger partial charge is 0.317 e. The zero-order valence-corrected chi connectivity index (χ0v) is 12.4. The van der Waals surface area contributed by atoms with Crippen LogP contribution in [0.25, 0.3) is 0 Å². The molecule has 1 unspecified atom stereocenters. The molecule has 2 aliphatic heterocycles. The topological polar surface area (TPSA) is 69.6 Å². The van der Waals surface area contributed by atoms with Crippen molar-refractivity contribution < 1.29 is 14.7 Å². The van der Waals surface area contributed by atoms with Crippen LogP contribution in [0.1, 0.15) is 24.4 Å². The van der Waals surface area contributed by atoms with E-state index in [1.807, 2.05) is 12.1 Å². The fourth-order valence-corrected chi connectivity index (χ4v) is 4.01. The van der Waals surface area contributed by atoms with Crippen LogP contribution in [0.15, 0.2) is 29.2 Å². The van der Waals surface area contributed by atoms with E-state index in [1.165, 1.54) is 10.5 Å². The summed E-state index contributed by atoms with van der Waals surface area (Å²) in [5.74, 6) is -0.204. The standard InChI is InChI=1S/C15H18N2O3S/c18-14(19)10-5-7-17(8-6-10)15(20)16-12-9-21-13-4-2-1-3-11(12)13/h1-4,10,12H,5-9H2,(H,16,20)(H,18,19). The fraction of sp³-hybridized carbons (Fsp3) is 0.467. The van der Waals surface area contributed by atoms with Gasteiger partial charge in [-0.05, 0) is 24.5 Å². The fourth-order valence-electron chi connectivity index (χ4n) is 2.85. The molecule has 0 bridgehead atoms. The van der Waals surface area contributed by atoms with Crippen molar-refractivity contribution in [3.63, 3.8) is 0 Å². The van der Waals surface area contributed by atoms with Crippen molar-refractivity contribution in [1.82, 2.24) is 10.2 Å². The first-order chi connectivity index (χ1) is 10.1. The summed E-state index contributed by atoms with van der Waals surface area (Å²) in [6.07, 6.45) is 1.08. The monoisotopic (exact) mass is 306 g/mol. The minimum absolute atomic E-state index is 0.0518. The molecule has 1 aromatic carbocycles. The highest BCUT2D eigenvalue weighted by molar-refractivity contribution is 7.99. The number of benzene rings is 1. The highest BCUT2D eigenvalue weighted by Gasteiger charge is 2.30. The molecule has 0 saturated carbocycles. The minimum Gasteiger partial charge on any atom is -0.481 e. The zero-order chi connectivity index (χ0) is 14.8. The number of nitrogens with zero attached hydrogens (tertiary/aromatic N) is 1. The Morgan fingerprint density at radius 1 is 1.24 bits per heavy atom. The maximum atomic E-state index is 12.3. The van der Waals surface area contributed by atoms with E-state index in [1.54, 1.807) is 16.7 Å². The molecule has 0 radical (unpaired) electrons. The van der Waals surface area contributed by atoms with Gasteiger partial charge in [-0.1, -0.05) is 18.2 Å². The predicted octanol–water partition coefficient (Wildman–Crippen LogP) is 2.34. The Bertz CT molecular complexity index is 556. The van der Waals surface area contributed by atoms with E-state index in [0.717, 1.165) is 5.75 Å². The molecule has 1 atom stereocenters. The van der Waals surface area contributed by atoms with Crippen molar-refractivity contribution in [3.8, 4) is 0 Å². The molecular formula is C15H18N2O3S. The van der Waals surface area contributed by atoms with Crippen LogP contribution < -0.4 is 5.32 Å². The first kappa shape index (κ1) is 14.3. The Labute approximate surface area is 127 Å². The van der Waals surface area contributed by atoms with E-state index >= 15 is 0 Å². The molecule has 5 nitrogen and oxygen atoms in total. The van der Waals surface area contributed by atoms with Crippen molar-refractivity contribution >= 4 is 23.8 Å². The lowest BCUT2D eigenvalue weighted by Crippen LogP contribution is -2.46. The number of carbonyl (C=O) groups excluding carboxylic acids is 1. The Balaban J connectivity index is 1.57. The highest BCUT2D eigenvalue weighted by Crippen LogP contribution is 2.37. The van der Waals surface area contributed by atoms with Gasteiger partial charge in [0.15, 0.2) is 0 Å². The summed E-state index contributed by atoms with van der Waals surface area (Å²) in [5, 5.41) is 12.0. The van der Waals surface area contributed by atoms with Crippen LogP contribution in [-0.4, -0.2) is 40.8 Å². The van der Waals surface area contributed by atoms with Crippen molar-refractivity contribution in [2.75, 3.05) is 18.8 Å². The summed E-state index contributed by atoms with van der Waals surface area (Å²) in [6, 6.07) is 8.09. The third-order valence-electron chi connectivity index (χ3n) is 4.13. The number of fused-ring (bicyclic) bond motifs is 1. The van der Waals surface area contributed by atoms with Gasteiger partial charge in [0, 0.05) is 23.7 Å². The van der Waals surface area contributed by atoms with Gasteiger partial charge in [0.05, 0.1) is 12.0 Å². The maximum Gasteiger partial charge on any atom is 0.317 e. The number of nitrogens with one attached hydrogen (secondary N) is 1. The Hall–Kier alpha value is -1.69. The SMILES string of the molecule is O=C(O)C1CCN(C(=O)NC2CSc3ccccc32)CC1. The van der Waals surface area contributed by atoms with Gasteiger partial charge in [-0.3, -0.25) is 4.79 Å². The van der Waals surface area contributed by atoms with Crippen molar-refractivity contribution in [2.24, 2.45) is 5.92 Å². The van der Waals surface area contributed by atoms with Crippen molar-refractivity contribution in [3.05, 3.63) is 29.8 Å². The summed E-state index contributed by atoms with van der Waals surface area (Å²) >= 11 is 1.76. The van der Waals surface area contributed by atoms with Gasteiger partial charge in [0.1, 0.15) is 0 Å². The van der Waals surface area contributed by atoms with Gasteiger partial charge in [-0.15, -0.1) is 11.8 Å². The number of likely N-dealkylation sites (tertiary alicyclic amines) is 1. The molecule has 0 spiro atoms. The third kappa shape index (κ3) is 3.00. The number of aliphatic carboxylic acids is 1. The van der Waals surface area contributed by atoms with Crippen LogP contribution >= 0.6 is 11.8 Å². The van der Waals surface area contributed by atoms with Crippen molar-refractivity contribution in [2.45, 2.75) is 23.8 Å². The van der Waals surface area contributed by atoms with E-state index < -0.39 is 5.97 Å². The van der Waals surface area contributed by atoms with Crippen LogP contribution in [0, 0.1) is 5.92 Å². The summed E-state index contributed by atoms with van der Waals surface area (Å²) in [5.41, 5.74) is 1.18. The summed E-state index contributed by atoms with van der Waals surface area (Å²) < 4.78 is 0. The van der Waals surface area contributed by atoms with E-state index in [2.05, 4.69) is 17.4 Å². The lowest BCUT2D eigenvalue weighted by atomic mass is 9.97. The second-order valence-corrected chi connectivity index (χ2v) is 6.51. The third-order valence-corrected chi connectivity index (χ3v) is 5.31. The molecule has 112 valence electrons. The predicted molar refractivity (Wildman–Crippen MR) is 80.4 cm³/mol. The van der Waals surface area contributed by atoms with Gasteiger partial charge in [-0.2, -0.15) is 0 Å². The lowest BCUT2D eigenvalue weighted by Gasteiger charge is -2.31. The van der Waals surface area contributed by atoms with E-state index in [-0.39, 0.29) is 18.0 Å². The minimum atomic E-state index is -0.754. The molecule has 2 N–H and O–H groups in total. The molecule has 1 saturated heterocycles. The number of carboxylic acids is 1. The Morgan fingerprint density at radius 3 is 2.67 bits per heavy atom. The van der Waals surface area contributed by atoms with Crippen LogP contribution in [0.5, 0.6) is 0 Å². The summed E-state index contributed by atoms with van der Waals surface area (Å²) in [4.78, 5) is 26.2. The second-order valence-electron chi connectivity index (χ2n) is 5.45. The normalized spacial score (nSPS) is 21.9. The first-order valence-electron chi connectivity index (χ1n) is 7.15. The molecule has 1 fully saturated rings. The van der Waals surface area contributed by atoms with E-state index in [9.17, 15) is 9.59 Å². The quantitative estimate of drug-likeness (QED) is 0.880. The number of urea groups is 1. The van der Waals surface area contributed by atoms with Gasteiger partial charge >= 0.3 is 12.0 Å². The number of rotatable bonds is 2. The average molecular weight is 306 g/mol. The van der Waals surface area contributed by atoms with Crippen LogP contribution in [-0.2, 0) is 4.79 Å². The van der Waals surface area contributed by atoms with E-state index in [0.29, 0.717) is 25.9 Å². The summed E-state index contributed by atoms with van der Waals surface area (Å²) in [6.45, 7) is 1.04. The number of amides is 2. The number of thioether (sulfide) groups is 1. The van der Waals surface area contributed by atoms with Crippen LogP contribution in [0.4, 0.5) is 4.79 Å². The molecule has 2 aliphatic rings. The highest BCUT2D eigenvalue weighted by atomic mass is 32.2. The number of carboxylic acid groups (broad SMARTS) is 1. The van der Waals surface area contributed by atoms with Crippen LogP contribution in [0.2, 0.25) is 0 Å². The van der Waals surface area contributed by atoms with Gasteiger partial charge in [0.2, 0.25) is 0 Å². The molecule has 0 aliphatic carbocycles. The average Bonchev–Trinajstić information content (AvgIpc) is 2.91. The second kappa shape index (κ2) is 5.97. The number of hydrogen-bond acceptors (Lipinski definition) is 3. The molecule has 0 aromatic heterocycles. The van der Waals surface area contributed by atoms with Gasteiger partial charge < -0.3 is 15.3 Å².